The summed E-state index contributed by atoms with van der Waals surface area (Å²) in [6, 6.07) is 9.45. The molecule has 1 aromatic carbocycles. The third kappa shape index (κ3) is 1.60. The van der Waals surface area contributed by atoms with E-state index >= 15 is 0 Å². The van der Waals surface area contributed by atoms with Crippen LogP contribution >= 0.6 is 0 Å². The summed E-state index contributed by atoms with van der Waals surface area (Å²) < 4.78 is 5.67. The number of aliphatic carboxylic acids is 1. The van der Waals surface area contributed by atoms with Gasteiger partial charge in [0.1, 0.15) is 0 Å². The Morgan fingerprint density at radius 2 is 2.18 bits per heavy atom. The molecule has 0 aliphatic carbocycles. The second-order valence-electron chi connectivity index (χ2n) is 4.63. The van der Waals surface area contributed by atoms with Gasteiger partial charge in [-0.15, -0.1) is 0 Å². The Labute approximate surface area is 99.8 Å². The quantitative estimate of drug-likeness (QED) is 0.694. The summed E-state index contributed by atoms with van der Waals surface area (Å²) in [5, 5.41) is 7.42. The van der Waals surface area contributed by atoms with Crippen LogP contribution in [0.3, 0.4) is 0 Å². The maximum Gasteiger partial charge on any atom is 0.300 e. The van der Waals surface area contributed by atoms with Crippen LogP contribution < -0.4 is 4.90 Å². The molecule has 1 N–H and O–H groups in total. The number of carboxylic acids is 1. The number of hydrogen-bond donors (Lipinski definition) is 1. The second kappa shape index (κ2) is 3.74. The Morgan fingerprint density at radius 3 is 2.94 bits per heavy atom. The SMILES string of the molecule is CC(=O)O.c1ccc2c(c1)C1CCOC3C1N23. The number of hydrogen-bond acceptors (Lipinski definition) is 3. The monoisotopic (exact) mass is 233 g/mol. The van der Waals surface area contributed by atoms with Crippen molar-refractivity contribution in [3.63, 3.8) is 0 Å². The fourth-order valence-electron chi connectivity index (χ4n) is 2.96. The van der Waals surface area contributed by atoms with Gasteiger partial charge in [-0.3, -0.25) is 4.79 Å². The summed E-state index contributed by atoms with van der Waals surface area (Å²) in [5.41, 5.74) is 2.97. The molecular weight excluding hydrogens is 218 g/mol. The number of para-hydroxylation sites is 1. The van der Waals surface area contributed by atoms with E-state index in [1.54, 1.807) is 5.56 Å². The number of carbonyl (C=O) groups is 1. The normalized spacial score (nSPS) is 30.9. The summed E-state index contributed by atoms with van der Waals surface area (Å²) in [5.74, 6) is -0.0741. The second-order valence-corrected chi connectivity index (χ2v) is 4.63. The van der Waals surface area contributed by atoms with Gasteiger partial charge in [0.15, 0.2) is 6.23 Å². The van der Waals surface area contributed by atoms with E-state index in [1.807, 2.05) is 0 Å². The average Bonchev–Trinajstić information content (AvgIpc) is 2.91. The van der Waals surface area contributed by atoms with Crippen LogP contribution in [0.4, 0.5) is 5.69 Å². The van der Waals surface area contributed by atoms with Crippen LogP contribution in [0.25, 0.3) is 0 Å². The van der Waals surface area contributed by atoms with Crippen LogP contribution in [0, 0.1) is 0 Å². The highest BCUT2D eigenvalue weighted by Gasteiger charge is 2.61. The number of anilines is 1. The topological polar surface area (TPSA) is 49.5 Å². The molecule has 1 aromatic rings. The molecule has 2 fully saturated rings. The smallest absolute Gasteiger partial charge is 0.300 e. The van der Waals surface area contributed by atoms with Crippen LogP contribution in [-0.4, -0.2) is 30.0 Å². The summed E-state index contributed by atoms with van der Waals surface area (Å²) >= 11 is 0. The first-order chi connectivity index (χ1) is 8.20. The van der Waals surface area contributed by atoms with Crippen molar-refractivity contribution >= 4 is 11.7 Å². The van der Waals surface area contributed by atoms with Crippen LogP contribution in [0.15, 0.2) is 24.3 Å². The molecule has 4 rings (SSSR count). The molecule has 17 heavy (non-hydrogen) atoms. The average molecular weight is 233 g/mol. The fraction of sp³-hybridized carbons (Fsp3) is 0.462. The van der Waals surface area contributed by atoms with Gasteiger partial charge in [0.25, 0.3) is 5.97 Å². The van der Waals surface area contributed by atoms with Crippen molar-refractivity contribution in [3.8, 4) is 0 Å². The lowest BCUT2D eigenvalue weighted by molar-refractivity contribution is -0.134. The molecule has 0 radical (unpaired) electrons. The van der Waals surface area contributed by atoms with Gasteiger partial charge in [-0.25, -0.2) is 0 Å². The molecule has 4 nitrogen and oxygen atoms in total. The van der Waals surface area contributed by atoms with Gasteiger partial charge in [-0.05, 0) is 18.1 Å². The van der Waals surface area contributed by atoms with E-state index in [-0.39, 0.29) is 0 Å². The molecule has 3 atom stereocenters. The Balaban J connectivity index is 0.000000201. The van der Waals surface area contributed by atoms with Crippen molar-refractivity contribution in [1.29, 1.82) is 0 Å². The summed E-state index contributed by atoms with van der Waals surface area (Å²) in [6.07, 6.45) is 1.63. The van der Waals surface area contributed by atoms with Gasteiger partial charge in [0.2, 0.25) is 0 Å². The lowest BCUT2D eigenvalue weighted by atomic mass is 9.92. The molecule has 2 saturated heterocycles. The van der Waals surface area contributed by atoms with E-state index in [0.29, 0.717) is 12.3 Å². The standard InChI is InChI=1S/C11H11NO.C2H4O2/c1-2-4-9-7(3-1)8-5-6-13-11-10(8)12(9)11;1-2(3)4/h1-4,8,10-11H,5-6H2;1H3,(H,3,4). The summed E-state index contributed by atoms with van der Waals surface area (Å²) in [4.78, 5) is 11.4. The van der Waals surface area contributed by atoms with Crippen molar-refractivity contribution in [2.75, 3.05) is 11.5 Å². The van der Waals surface area contributed by atoms with E-state index in [1.165, 1.54) is 12.1 Å². The largest absolute Gasteiger partial charge is 0.481 e. The maximum atomic E-state index is 9.00. The molecule has 3 unspecified atom stereocenters. The van der Waals surface area contributed by atoms with Crippen molar-refractivity contribution in [1.82, 2.24) is 0 Å². The Bertz CT molecular complexity index is 441. The molecule has 0 amide bonds. The van der Waals surface area contributed by atoms with E-state index in [0.717, 1.165) is 19.4 Å². The van der Waals surface area contributed by atoms with Crippen LogP contribution in [0.5, 0.6) is 0 Å². The first-order valence-electron chi connectivity index (χ1n) is 5.88. The van der Waals surface area contributed by atoms with E-state index in [2.05, 4.69) is 29.2 Å². The molecule has 0 bridgehead atoms. The van der Waals surface area contributed by atoms with Crippen LogP contribution in [0.1, 0.15) is 24.8 Å². The predicted molar refractivity (Wildman–Crippen MR) is 63.1 cm³/mol. The van der Waals surface area contributed by atoms with Crippen molar-refractivity contribution in [2.45, 2.75) is 31.5 Å². The highest BCUT2D eigenvalue weighted by molar-refractivity contribution is 5.69. The molecule has 4 heteroatoms. The highest BCUT2D eigenvalue weighted by Crippen LogP contribution is 2.57. The zero-order valence-corrected chi connectivity index (χ0v) is 9.67. The first-order valence-corrected chi connectivity index (χ1v) is 5.88. The van der Waals surface area contributed by atoms with Gasteiger partial charge in [0.05, 0.1) is 6.04 Å². The van der Waals surface area contributed by atoms with Gasteiger partial charge in [-0.2, -0.15) is 0 Å². The van der Waals surface area contributed by atoms with Gasteiger partial charge in [0, 0.05) is 25.1 Å². The Morgan fingerprint density at radius 1 is 1.47 bits per heavy atom. The number of fused-ring (bicyclic) bond motifs is 4. The van der Waals surface area contributed by atoms with E-state index < -0.39 is 5.97 Å². The Hall–Kier alpha value is -1.55. The molecular formula is C13H15NO3. The van der Waals surface area contributed by atoms with E-state index in [4.69, 9.17) is 14.6 Å². The van der Waals surface area contributed by atoms with Gasteiger partial charge >= 0.3 is 0 Å². The molecule has 0 saturated carbocycles. The Kier molecular flexibility index (Phi) is 2.33. The number of carboxylic acid groups (broad SMARTS) is 1. The minimum absolute atomic E-state index is 0.425. The van der Waals surface area contributed by atoms with Crippen molar-refractivity contribution in [2.24, 2.45) is 0 Å². The highest BCUT2D eigenvalue weighted by atomic mass is 16.5. The molecule has 90 valence electrons. The molecule has 0 aromatic heterocycles. The predicted octanol–water partition coefficient (Wildman–Crippen LogP) is 1.81. The van der Waals surface area contributed by atoms with Crippen LogP contribution in [0.2, 0.25) is 0 Å². The van der Waals surface area contributed by atoms with Gasteiger partial charge in [-0.1, -0.05) is 18.2 Å². The summed E-state index contributed by atoms with van der Waals surface area (Å²) in [6.45, 7) is 2.02. The number of ether oxygens (including phenoxy) is 1. The molecule has 3 aliphatic rings. The molecule has 3 heterocycles. The number of rotatable bonds is 0. The van der Waals surface area contributed by atoms with E-state index in [9.17, 15) is 0 Å². The fourth-order valence-corrected chi connectivity index (χ4v) is 2.96. The lowest BCUT2D eigenvalue weighted by Gasteiger charge is -2.20. The van der Waals surface area contributed by atoms with Gasteiger partial charge < -0.3 is 14.7 Å². The molecule has 3 aliphatic heterocycles. The van der Waals surface area contributed by atoms with Crippen LogP contribution in [-0.2, 0) is 9.53 Å². The number of benzene rings is 1. The summed E-state index contributed by atoms with van der Waals surface area (Å²) in [7, 11) is 0. The first kappa shape index (κ1) is 10.6. The zero-order chi connectivity index (χ0) is 12.0. The zero-order valence-electron chi connectivity index (χ0n) is 9.67. The minimum atomic E-state index is -0.833. The number of nitrogens with zero attached hydrogens (tertiary/aromatic N) is 1. The lowest BCUT2D eigenvalue weighted by Crippen LogP contribution is -2.19. The third-order valence-corrected chi connectivity index (χ3v) is 3.54. The maximum absolute atomic E-state index is 9.00. The third-order valence-electron chi connectivity index (χ3n) is 3.54. The van der Waals surface area contributed by atoms with Crippen molar-refractivity contribution < 1.29 is 14.6 Å². The van der Waals surface area contributed by atoms with Crippen molar-refractivity contribution in [3.05, 3.63) is 29.8 Å². The molecule has 0 spiro atoms. The minimum Gasteiger partial charge on any atom is -0.481 e.